The van der Waals surface area contributed by atoms with Crippen LogP contribution in [-0.2, 0) is 4.74 Å². The first-order valence-corrected chi connectivity index (χ1v) is 15.4. The van der Waals surface area contributed by atoms with Gasteiger partial charge in [0, 0.05) is 57.8 Å². The Morgan fingerprint density at radius 1 is 0.833 bits per heavy atom. The van der Waals surface area contributed by atoms with Crippen molar-refractivity contribution in [3.8, 4) is 0 Å². The third-order valence-electron chi connectivity index (χ3n) is 10.3. The Hall–Kier alpha value is -1.26. The molecule has 1 aromatic rings. The van der Waals surface area contributed by atoms with E-state index in [1.165, 1.54) is 103 Å². The molecule has 2 aliphatic carbocycles. The van der Waals surface area contributed by atoms with Crippen molar-refractivity contribution >= 4 is 11.4 Å². The second kappa shape index (κ2) is 12.1. The second-order valence-corrected chi connectivity index (χ2v) is 13.0. The van der Waals surface area contributed by atoms with Gasteiger partial charge in [0.15, 0.2) is 0 Å². The van der Waals surface area contributed by atoms with E-state index in [0.717, 1.165) is 37.8 Å². The Bertz CT molecular complexity index is 807. The lowest BCUT2D eigenvalue weighted by molar-refractivity contribution is 0.0819. The normalized spacial score (nSPS) is 24.7. The molecule has 4 nitrogen and oxygen atoms in total. The summed E-state index contributed by atoms with van der Waals surface area (Å²) < 4.78 is 5.65. The molecule has 5 rings (SSSR count). The third kappa shape index (κ3) is 6.23. The monoisotopic (exact) mass is 495 g/mol. The van der Waals surface area contributed by atoms with E-state index in [4.69, 9.17) is 4.74 Å². The van der Waals surface area contributed by atoms with Crippen molar-refractivity contribution in [2.24, 2.45) is 11.3 Å². The zero-order chi connectivity index (χ0) is 25.0. The lowest BCUT2D eigenvalue weighted by Gasteiger charge is -2.44. The van der Waals surface area contributed by atoms with Crippen molar-refractivity contribution in [3.05, 3.63) is 23.8 Å². The zero-order valence-corrected chi connectivity index (χ0v) is 23.6. The van der Waals surface area contributed by atoms with Gasteiger partial charge in [-0.25, -0.2) is 0 Å². The number of hydrogen-bond acceptors (Lipinski definition) is 4. The standard InChI is InChI=1S/C32H53N3O/c1-26(2)11-18-33-21-23-35(24-22-33)31-8-7-28(34-19-12-29(36-3)13-20-34)25-30(31)27-9-16-32(17-10-27)14-5-4-6-15-32/h7-8,25-27,29H,4-6,9-24H2,1-3H3. The molecule has 0 unspecified atom stereocenters. The van der Waals surface area contributed by atoms with Crippen molar-refractivity contribution in [2.75, 3.05) is 62.7 Å². The van der Waals surface area contributed by atoms with Crippen LogP contribution in [0.4, 0.5) is 11.4 Å². The summed E-state index contributed by atoms with van der Waals surface area (Å²) in [7, 11) is 1.87. The number of piperazine rings is 1. The highest BCUT2D eigenvalue weighted by Crippen LogP contribution is 2.52. The van der Waals surface area contributed by atoms with Gasteiger partial charge in [-0.15, -0.1) is 0 Å². The lowest BCUT2D eigenvalue weighted by atomic mass is 9.62. The molecule has 0 bridgehead atoms. The average Bonchev–Trinajstić information content (AvgIpc) is 2.93. The maximum absolute atomic E-state index is 5.65. The van der Waals surface area contributed by atoms with Crippen LogP contribution >= 0.6 is 0 Å². The number of ether oxygens (including phenoxy) is 1. The molecule has 202 valence electrons. The van der Waals surface area contributed by atoms with Gasteiger partial charge in [0.05, 0.1) is 6.10 Å². The zero-order valence-electron chi connectivity index (χ0n) is 23.6. The molecule has 2 saturated heterocycles. The summed E-state index contributed by atoms with van der Waals surface area (Å²) in [5.74, 6) is 1.54. The van der Waals surface area contributed by atoms with Gasteiger partial charge in [0.2, 0.25) is 0 Å². The first kappa shape index (κ1) is 26.4. The van der Waals surface area contributed by atoms with E-state index in [9.17, 15) is 0 Å². The summed E-state index contributed by atoms with van der Waals surface area (Å²) in [6.07, 6.45) is 17.2. The van der Waals surface area contributed by atoms with Crippen molar-refractivity contribution in [1.82, 2.24) is 4.90 Å². The van der Waals surface area contributed by atoms with E-state index in [1.807, 2.05) is 7.11 Å². The predicted octanol–water partition coefficient (Wildman–Crippen LogP) is 7.08. The molecule has 0 atom stereocenters. The summed E-state index contributed by atoms with van der Waals surface area (Å²) in [5.41, 5.74) is 5.37. The van der Waals surface area contributed by atoms with Gasteiger partial charge < -0.3 is 14.5 Å². The Labute approximate surface area is 221 Å². The first-order chi connectivity index (χ1) is 17.5. The maximum Gasteiger partial charge on any atom is 0.0605 e. The first-order valence-electron chi connectivity index (χ1n) is 15.4. The molecule has 1 aromatic carbocycles. The van der Waals surface area contributed by atoms with Crippen LogP contribution in [0.25, 0.3) is 0 Å². The number of benzene rings is 1. The second-order valence-electron chi connectivity index (χ2n) is 13.0. The van der Waals surface area contributed by atoms with E-state index in [0.29, 0.717) is 11.5 Å². The van der Waals surface area contributed by atoms with E-state index in [-0.39, 0.29) is 0 Å². The van der Waals surface area contributed by atoms with Crippen molar-refractivity contribution in [2.45, 2.75) is 103 Å². The summed E-state index contributed by atoms with van der Waals surface area (Å²) in [6.45, 7) is 13.0. The molecule has 0 radical (unpaired) electrons. The summed E-state index contributed by atoms with van der Waals surface area (Å²) in [6, 6.07) is 7.56. The van der Waals surface area contributed by atoms with Crippen molar-refractivity contribution in [1.29, 1.82) is 0 Å². The van der Waals surface area contributed by atoms with E-state index in [2.05, 4.69) is 46.7 Å². The van der Waals surface area contributed by atoms with Gasteiger partial charge in [0.1, 0.15) is 0 Å². The molecule has 0 N–H and O–H groups in total. The molecule has 36 heavy (non-hydrogen) atoms. The average molecular weight is 496 g/mol. The molecule has 4 aliphatic rings. The Kier molecular flexibility index (Phi) is 8.83. The fourth-order valence-electron chi connectivity index (χ4n) is 7.70. The Morgan fingerprint density at radius 2 is 1.53 bits per heavy atom. The van der Waals surface area contributed by atoms with Crippen LogP contribution in [0, 0.1) is 11.3 Å². The summed E-state index contributed by atoms with van der Waals surface area (Å²) in [4.78, 5) is 8.04. The highest BCUT2D eigenvalue weighted by molar-refractivity contribution is 5.63. The lowest BCUT2D eigenvalue weighted by Crippen LogP contribution is -2.47. The van der Waals surface area contributed by atoms with Crippen LogP contribution in [0.5, 0.6) is 0 Å². The number of piperidine rings is 1. The summed E-state index contributed by atoms with van der Waals surface area (Å²) >= 11 is 0. The number of nitrogens with zero attached hydrogens (tertiary/aromatic N) is 3. The van der Waals surface area contributed by atoms with Crippen LogP contribution in [0.3, 0.4) is 0 Å². The molecular weight excluding hydrogens is 442 g/mol. The summed E-state index contributed by atoms with van der Waals surface area (Å²) in [5, 5.41) is 0. The minimum Gasteiger partial charge on any atom is -0.381 e. The number of hydrogen-bond donors (Lipinski definition) is 0. The number of rotatable bonds is 7. The van der Waals surface area contributed by atoms with E-state index in [1.54, 1.807) is 11.3 Å². The molecule has 2 saturated carbocycles. The molecule has 1 spiro atoms. The van der Waals surface area contributed by atoms with Crippen LogP contribution in [0.15, 0.2) is 18.2 Å². The van der Waals surface area contributed by atoms with Gasteiger partial charge in [0.25, 0.3) is 0 Å². The van der Waals surface area contributed by atoms with Crippen molar-refractivity contribution in [3.63, 3.8) is 0 Å². The van der Waals surface area contributed by atoms with Gasteiger partial charge in [-0.3, -0.25) is 4.90 Å². The SMILES string of the molecule is COC1CCN(c2ccc(N3CCN(CCC(C)C)CC3)c(C3CCC4(CCCCC4)CC3)c2)CC1. The number of anilines is 2. The van der Waals surface area contributed by atoms with E-state index >= 15 is 0 Å². The molecule has 2 aliphatic heterocycles. The Balaban J connectivity index is 1.31. The quantitative estimate of drug-likeness (QED) is 0.402. The van der Waals surface area contributed by atoms with Gasteiger partial charge in [-0.1, -0.05) is 33.1 Å². The molecule has 0 aromatic heterocycles. The minimum atomic E-state index is 0.442. The molecular formula is C32H53N3O. The van der Waals surface area contributed by atoms with Gasteiger partial charge in [-0.05, 0) is 105 Å². The van der Waals surface area contributed by atoms with Gasteiger partial charge >= 0.3 is 0 Å². The topological polar surface area (TPSA) is 19.0 Å². The van der Waals surface area contributed by atoms with Gasteiger partial charge in [-0.2, -0.15) is 0 Å². The van der Waals surface area contributed by atoms with E-state index < -0.39 is 0 Å². The largest absolute Gasteiger partial charge is 0.381 e. The van der Waals surface area contributed by atoms with Crippen LogP contribution in [0.1, 0.15) is 102 Å². The molecule has 4 fully saturated rings. The third-order valence-corrected chi connectivity index (χ3v) is 10.3. The molecule has 4 heteroatoms. The number of methoxy groups -OCH3 is 1. The van der Waals surface area contributed by atoms with Crippen LogP contribution in [0.2, 0.25) is 0 Å². The smallest absolute Gasteiger partial charge is 0.0605 e. The maximum atomic E-state index is 5.65. The Morgan fingerprint density at radius 3 is 2.17 bits per heavy atom. The highest BCUT2D eigenvalue weighted by Gasteiger charge is 2.37. The predicted molar refractivity (Wildman–Crippen MR) is 154 cm³/mol. The molecule has 0 amide bonds. The minimum absolute atomic E-state index is 0.442. The van der Waals surface area contributed by atoms with Crippen LogP contribution < -0.4 is 9.80 Å². The highest BCUT2D eigenvalue weighted by atomic mass is 16.5. The fraction of sp³-hybridized carbons (Fsp3) is 0.812. The van der Waals surface area contributed by atoms with Crippen LogP contribution in [-0.4, -0.2) is 63.9 Å². The van der Waals surface area contributed by atoms with Crippen molar-refractivity contribution < 1.29 is 4.74 Å². The molecule has 2 heterocycles. The fourth-order valence-corrected chi connectivity index (χ4v) is 7.70.